The Kier molecular flexibility index (Phi) is 4.95. The minimum absolute atomic E-state index is 0. The number of aromatic amines is 1. The average Bonchev–Trinajstić information content (AvgIpc) is 3.22. The highest BCUT2D eigenvalue weighted by Gasteiger charge is 2.49. The number of nitrogens with one attached hydrogen (secondary N) is 3. The van der Waals surface area contributed by atoms with E-state index in [0.717, 1.165) is 49.4 Å². The Morgan fingerprint density at radius 2 is 2.11 bits per heavy atom. The predicted octanol–water partition coefficient (Wildman–Crippen LogP) is 3.49. The largest absolute Gasteiger partial charge is 0.326 e. The second-order valence-corrected chi connectivity index (χ2v) is 8.08. The van der Waals surface area contributed by atoms with Crippen molar-refractivity contribution in [2.45, 2.75) is 44.4 Å². The number of carbonyl (C=O) groups is 1. The van der Waals surface area contributed by atoms with Crippen molar-refractivity contribution in [3.63, 3.8) is 0 Å². The Morgan fingerprint density at radius 1 is 1.22 bits per heavy atom. The molecule has 2 aromatic rings. The fraction of sp³-hybridized carbons (Fsp3) is 0.550. The van der Waals surface area contributed by atoms with Crippen LogP contribution in [0.2, 0.25) is 0 Å². The van der Waals surface area contributed by atoms with Gasteiger partial charge in [-0.1, -0.05) is 25.0 Å². The molecule has 5 rings (SSSR count). The molecule has 1 aromatic heterocycles. The van der Waals surface area contributed by atoms with E-state index in [-0.39, 0.29) is 23.7 Å². The van der Waals surface area contributed by atoms with Gasteiger partial charge in [0.05, 0.1) is 5.41 Å². The van der Waals surface area contributed by atoms with Crippen LogP contribution in [0.15, 0.2) is 24.3 Å². The number of aromatic nitrogens is 3. The van der Waals surface area contributed by atoms with Crippen molar-refractivity contribution in [2.24, 2.45) is 11.3 Å². The zero-order valence-electron chi connectivity index (χ0n) is 15.3. The molecule has 2 aliphatic carbocycles. The van der Waals surface area contributed by atoms with Crippen LogP contribution in [-0.2, 0) is 4.79 Å². The Balaban J connectivity index is 0.00000180. The highest BCUT2D eigenvalue weighted by molar-refractivity contribution is 5.96. The van der Waals surface area contributed by atoms with Crippen LogP contribution in [0.1, 0.15) is 50.3 Å². The number of amides is 1. The number of hydrogen-bond donors (Lipinski definition) is 3. The molecule has 6 nitrogen and oxygen atoms in total. The predicted molar refractivity (Wildman–Crippen MR) is 107 cm³/mol. The number of carbonyl (C=O) groups excluding carboxylic acids is 1. The molecular formula is C20H26ClN5O. The number of benzene rings is 1. The van der Waals surface area contributed by atoms with E-state index in [9.17, 15) is 4.79 Å². The molecule has 0 spiro atoms. The molecule has 0 radical (unpaired) electrons. The number of fused-ring (bicyclic) bond motifs is 1. The molecule has 7 heteroatoms. The van der Waals surface area contributed by atoms with Crippen LogP contribution in [0.25, 0.3) is 11.4 Å². The number of hydrogen-bond acceptors (Lipinski definition) is 4. The van der Waals surface area contributed by atoms with Gasteiger partial charge in [0, 0.05) is 23.7 Å². The number of anilines is 1. The van der Waals surface area contributed by atoms with Crippen molar-refractivity contribution in [1.29, 1.82) is 0 Å². The van der Waals surface area contributed by atoms with Gasteiger partial charge >= 0.3 is 0 Å². The molecule has 0 bridgehead atoms. The summed E-state index contributed by atoms with van der Waals surface area (Å²) in [6.07, 6.45) is 6.92. The molecular weight excluding hydrogens is 362 g/mol. The van der Waals surface area contributed by atoms with Crippen molar-refractivity contribution in [3.8, 4) is 11.4 Å². The summed E-state index contributed by atoms with van der Waals surface area (Å²) in [5.74, 6) is 2.87. The van der Waals surface area contributed by atoms with Crippen molar-refractivity contribution >= 4 is 24.0 Å². The summed E-state index contributed by atoms with van der Waals surface area (Å²) >= 11 is 0. The van der Waals surface area contributed by atoms with E-state index < -0.39 is 0 Å². The van der Waals surface area contributed by atoms with Gasteiger partial charge in [0.1, 0.15) is 5.82 Å². The summed E-state index contributed by atoms with van der Waals surface area (Å²) in [5.41, 5.74) is 1.53. The minimum Gasteiger partial charge on any atom is -0.326 e. The fourth-order valence-electron chi connectivity index (χ4n) is 4.62. The molecule has 1 aliphatic heterocycles. The average molecular weight is 388 g/mol. The summed E-state index contributed by atoms with van der Waals surface area (Å²) in [6, 6.07) is 7.89. The van der Waals surface area contributed by atoms with Gasteiger partial charge in [-0.15, -0.1) is 12.4 Å². The normalized spacial score (nSPS) is 26.9. The second-order valence-electron chi connectivity index (χ2n) is 8.08. The van der Waals surface area contributed by atoms with Crippen LogP contribution < -0.4 is 10.6 Å². The van der Waals surface area contributed by atoms with Gasteiger partial charge in [0.2, 0.25) is 5.91 Å². The van der Waals surface area contributed by atoms with E-state index in [1.54, 1.807) is 0 Å². The molecule has 3 aliphatic rings. The van der Waals surface area contributed by atoms with E-state index in [4.69, 9.17) is 0 Å². The third-order valence-electron chi connectivity index (χ3n) is 6.34. The smallest absolute Gasteiger partial charge is 0.232 e. The third kappa shape index (κ3) is 3.36. The zero-order valence-corrected chi connectivity index (χ0v) is 16.1. The Hall–Kier alpha value is -1.92. The lowest BCUT2D eigenvalue weighted by molar-refractivity contribution is -0.128. The highest BCUT2D eigenvalue weighted by Crippen LogP contribution is 2.44. The number of H-pyrrole nitrogens is 1. The van der Waals surface area contributed by atoms with Crippen molar-refractivity contribution in [1.82, 2.24) is 20.5 Å². The molecule has 3 fully saturated rings. The first-order valence-corrected chi connectivity index (χ1v) is 9.79. The molecule has 2 heterocycles. The number of rotatable bonds is 4. The Morgan fingerprint density at radius 3 is 2.96 bits per heavy atom. The summed E-state index contributed by atoms with van der Waals surface area (Å²) in [6.45, 7) is 1.77. The maximum absolute atomic E-state index is 13.1. The lowest BCUT2D eigenvalue weighted by Crippen LogP contribution is -2.44. The molecule has 3 N–H and O–H groups in total. The third-order valence-corrected chi connectivity index (χ3v) is 6.34. The minimum atomic E-state index is -0.238. The van der Waals surface area contributed by atoms with Crippen LogP contribution in [0.3, 0.4) is 0 Å². The van der Waals surface area contributed by atoms with E-state index in [1.807, 2.05) is 24.3 Å². The fourth-order valence-corrected chi connectivity index (χ4v) is 4.62. The standard InChI is InChI=1S/C20H25N5O.ClH/c26-19(20-9-2-1-5-15(20)11-21-12-20)22-16-6-3-4-14(10-16)18-23-17(24-25-18)13-7-8-13;/h3-4,6,10,13,15,21H,1-2,5,7-9,11-12H2,(H,22,26)(H,23,24,25);1H/t15-,20+;/m0./s1. The first-order chi connectivity index (χ1) is 12.7. The monoisotopic (exact) mass is 387 g/mol. The van der Waals surface area contributed by atoms with Crippen molar-refractivity contribution in [3.05, 3.63) is 30.1 Å². The van der Waals surface area contributed by atoms with Gasteiger partial charge < -0.3 is 10.6 Å². The first-order valence-electron chi connectivity index (χ1n) is 9.79. The molecule has 2 saturated carbocycles. The number of halogens is 1. The number of nitrogens with zero attached hydrogens (tertiary/aromatic N) is 2. The highest BCUT2D eigenvalue weighted by atomic mass is 35.5. The molecule has 1 saturated heterocycles. The summed E-state index contributed by atoms with van der Waals surface area (Å²) in [7, 11) is 0. The van der Waals surface area contributed by atoms with Gasteiger partial charge in [0.15, 0.2) is 5.82 Å². The van der Waals surface area contributed by atoms with Gasteiger partial charge in [0.25, 0.3) is 0 Å². The van der Waals surface area contributed by atoms with Crippen molar-refractivity contribution < 1.29 is 4.79 Å². The second kappa shape index (κ2) is 7.24. The quantitative estimate of drug-likeness (QED) is 0.749. The van der Waals surface area contributed by atoms with Gasteiger partial charge in [-0.25, -0.2) is 4.98 Å². The van der Waals surface area contributed by atoms with Crippen molar-refractivity contribution in [2.75, 3.05) is 18.4 Å². The summed E-state index contributed by atoms with van der Waals surface area (Å²) < 4.78 is 0. The van der Waals surface area contributed by atoms with E-state index in [2.05, 4.69) is 25.8 Å². The zero-order chi connectivity index (χ0) is 17.6. The van der Waals surface area contributed by atoms with Crippen LogP contribution in [-0.4, -0.2) is 34.2 Å². The van der Waals surface area contributed by atoms with Crippen LogP contribution in [0.5, 0.6) is 0 Å². The van der Waals surface area contributed by atoms with Crippen LogP contribution >= 0.6 is 12.4 Å². The molecule has 0 unspecified atom stereocenters. The van der Waals surface area contributed by atoms with Crippen LogP contribution in [0, 0.1) is 11.3 Å². The lowest BCUT2D eigenvalue weighted by atomic mass is 9.67. The Bertz CT molecular complexity index is 833. The lowest BCUT2D eigenvalue weighted by Gasteiger charge is -2.37. The molecule has 27 heavy (non-hydrogen) atoms. The summed E-state index contributed by atoms with van der Waals surface area (Å²) in [5, 5.41) is 14.0. The maximum atomic E-state index is 13.1. The SMILES string of the molecule is Cl.O=C(Nc1cccc(-c2n[nH]c(C3CC3)n2)c1)[C@@]12CCCC[C@H]1CNC2. The maximum Gasteiger partial charge on any atom is 0.232 e. The van der Waals surface area contributed by atoms with E-state index in [0.29, 0.717) is 17.7 Å². The molecule has 1 amide bonds. The van der Waals surface area contributed by atoms with Crippen LogP contribution in [0.4, 0.5) is 5.69 Å². The Labute approximate surface area is 165 Å². The molecule has 144 valence electrons. The van der Waals surface area contributed by atoms with Gasteiger partial charge in [-0.3, -0.25) is 9.89 Å². The first kappa shape index (κ1) is 18.4. The molecule has 1 aromatic carbocycles. The summed E-state index contributed by atoms with van der Waals surface area (Å²) in [4.78, 5) is 17.7. The van der Waals surface area contributed by atoms with E-state index >= 15 is 0 Å². The topological polar surface area (TPSA) is 82.7 Å². The van der Waals surface area contributed by atoms with Gasteiger partial charge in [-0.05, 0) is 50.3 Å². The van der Waals surface area contributed by atoms with E-state index in [1.165, 1.54) is 19.3 Å². The van der Waals surface area contributed by atoms with Gasteiger partial charge in [-0.2, -0.15) is 5.10 Å². The molecule has 2 atom stereocenters.